The fourth-order valence-electron chi connectivity index (χ4n) is 2.43. The minimum Gasteiger partial charge on any atom is -0.480 e. The lowest BCUT2D eigenvalue weighted by Crippen LogP contribution is -2.49. The van der Waals surface area contributed by atoms with Gasteiger partial charge < -0.3 is 26.9 Å². The number of carboxylic acids is 1. The van der Waals surface area contributed by atoms with Crippen molar-refractivity contribution in [1.29, 1.82) is 0 Å². The lowest BCUT2D eigenvalue weighted by atomic mass is 10.0. The van der Waals surface area contributed by atoms with Gasteiger partial charge in [-0.3, -0.25) is 9.59 Å². The normalized spacial score (nSPS) is 13.4. The number of aromatic nitrogens is 1. The van der Waals surface area contributed by atoms with Crippen LogP contribution in [0.2, 0.25) is 0 Å². The Morgan fingerprint density at radius 1 is 1.25 bits per heavy atom. The number of aliphatic carboxylic acids is 1. The Bertz CT molecular complexity index is 755. The van der Waals surface area contributed by atoms with E-state index < -0.39 is 29.9 Å². The largest absolute Gasteiger partial charge is 0.480 e. The van der Waals surface area contributed by atoms with Crippen LogP contribution in [0.1, 0.15) is 18.4 Å². The van der Waals surface area contributed by atoms with Crippen molar-refractivity contribution in [2.45, 2.75) is 31.3 Å². The summed E-state index contributed by atoms with van der Waals surface area (Å²) in [6.07, 6.45) is 1.88. The van der Waals surface area contributed by atoms with Crippen LogP contribution in [0.15, 0.2) is 30.5 Å². The van der Waals surface area contributed by atoms with Gasteiger partial charge in [-0.2, -0.15) is 0 Å². The van der Waals surface area contributed by atoms with Crippen LogP contribution in [0.25, 0.3) is 10.9 Å². The summed E-state index contributed by atoms with van der Waals surface area (Å²) in [7, 11) is 0. The molecule has 0 radical (unpaired) electrons. The maximum atomic E-state index is 12.0. The third kappa shape index (κ3) is 4.32. The van der Waals surface area contributed by atoms with Gasteiger partial charge in [-0.1, -0.05) is 18.2 Å². The summed E-state index contributed by atoms with van der Waals surface area (Å²) in [6.45, 7) is 0. The van der Waals surface area contributed by atoms with Crippen molar-refractivity contribution in [3.8, 4) is 0 Å². The molecule has 0 bridgehead atoms. The molecule has 8 nitrogen and oxygen atoms in total. The van der Waals surface area contributed by atoms with Crippen LogP contribution >= 0.6 is 0 Å². The van der Waals surface area contributed by atoms with E-state index in [9.17, 15) is 19.5 Å². The highest BCUT2D eigenvalue weighted by Gasteiger charge is 2.24. The summed E-state index contributed by atoms with van der Waals surface area (Å²) >= 11 is 0. The molecule has 0 aliphatic heterocycles. The molecule has 7 N–H and O–H groups in total. The summed E-state index contributed by atoms with van der Waals surface area (Å²) in [5.74, 6) is -2.34. The molecule has 2 amide bonds. The van der Waals surface area contributed by atoms with Crippen molar-refractivity contribution in [2.75, 3.05) is 0 Å². The van der Waals surface area contributed by atoms with E-state index in [1.807, 2.05) is 24.3 Å². The molecule has 128 valence electrons. The summed E-state index contributed by atoms with van der Waals surface area (Å²) in [4.78, 5) is 37.2. The Hall–Kier alpha value is -2.87. The van der Waals surface area contributed by atoms with Crippen molar-refractivity contribution in [3.05, 3.63) is 36.0 Å². The quantitative estimate of drug-likeness (QED) is 0.456. The summed E-state index contributed by atoms with van der Waals surface area (Å²) in [5.41, 5.74) is 12.3. The van der Waals surface area contributed by atoms with Gasteiger partial charge in [0.1, 0.15) is 6.04 Å². The van der Waals surface area contributed by atoms with Gasteiger partial charge in [0.05, 0.1) is 6.04 Å². The van der Waals surface area contributed by atoms with Gasteiger partial charge in [0.2, 0.25) is 11.8 Å². The molecule has 0 saturated heterocycles. The van der Waals surface area contributed by atoms with Crippen molar-refractivity contribution < 1.29 is 19.5 Å². The third-order valence-corrected chi connectivity index (χ3v) is 3.75. The Morgan fingerprint density at radius 3 is 2.62 bits per heavy atom. The number of para-hydroxylation sites is 1. The van der Waals surface area contributed by atoms with Gasteiger partial charge in [-0.05, 0) is 18.1 Å². The lowest BCUT2D eigenvalue weighted by Gasteiger charge is -2.17. The second kappa shape index (κ2) is 7.60. The number of carboxylic acid groups (broad SMARTS) is 1. The highest BCUT2D eigenvalue weighted by Crippen LogP contribution is 2.19. The Balaban J connectivity index is 2.05. The molecule has 2 rings (SSSR count). The topological polar surface area (TPSA) is 151 Å². The van der Waals surface area contributed by atoms with Gasteiger partial charge in [0.25, 0.3) is 0 Å². The monoisotopic (exact) mass is 332 g/mol. The first-order valence-corrected chi connectivity index (χ1v) is 7.50. The average Bonchev–Trinajstić information content (AvgIpc) is 2.94. The van der Waals surface area contributed by atoms with Crippen molar-refractivity contribution in [1.82, 2.24) is 10.3 Å². The molecule has 2 atom stereocenters. The Morgan fingerprint density at radius 2 is 1.96 bits per heavy atom. The van der Waals surface area contributed by atoms with E-state index in [0.29, 0.717) is 0 Å². The molecule has 0 aliphatic rings. The maximum absolute atomic E-state index is 12.0. The molecular formula is C16H20N4O4. The second-order valence-corrected chi connectivity index (χ2v) is 5.57. The molecular weight excluding hydrogens is 312 g/mol. The molecule has 1 heterocycles. The SMILES string of the molecule is NC(=O)CC[C@H](N)C(=O)N[C@@H](Cc1c[nH]c2ccccc12)C(=O)O. The predicted octanol–water partition coefficient (Wildman–Crippen LogP) is -0.127. The molecule has 0 unspecified atom stereocenters. The van der Waals surface area contributed by atoms with E-state index in [2.05, 4.69) is 10.3 Å². The van der Waals surface area contributed by atoms with Crippen molar-refractivity contribution in [2.24, 2.45) is 11.5 Å². The number of primary amides is 1. The summed E-state index contributed by atoms with van der Waals surface area (Å²) in [5, 5.41) is 12.7. The van der Waals surface area contributed by atoms with E-state index in [0.717, 1.165) is 16.5 Å². The molecule has 0 saturated carbocycles. The predicted molar refractivity (Wildman–Crippen MR) is 88.0 cm³/mol. The second-order valence-electron chi connectivity index (χ2n) is 5.57. The minimum atomic E-state index is -1.16. The van der Waals surface area contributed by atoms with Gasteiger partial charge >= 0.3 is 5.97 Å². The number of amides is 2. The first-order valence-electron chi connectivity index (χ1n) is 7.50. The van der Waals surface area contributed by atoms with Gasteiger partial charge in [-0.15, -0.1) is 0 Å². The van der Waals surface area contributed by atoms with E-state index in [1.54, 1.807) is 6.20 Å². The fourth-order valence-corrected chi connectivity index (χ4v) is 2.43. The molecule has 1 aromatic carbocycles. The van der Waals surface area contributed by atoms with Crippen molar-refractivity contribution >= 4 is 28.7 Å². The third-order valence-electron chi connectivity index (χ3n) is 3.75. The van der Waals surface area contributed by atoms with Crippen LogP contribution in [0, 0.1) is 0 Å². The zero-order valence-electron chi connectivity index (χ0n) is 13.0. The van der Waals surface area contributed by atoms with E-state index in [1.165, 1.54) is 0 Å². The number of benzene rings is 1. The number of aromatic amines is 1. The highest BCUT2D eigenvalue weighted by molar-refractivity contribution is 5.88. The number of hydrogen-bond donors (Lipinski definition) is 5. The smallest absolute Gasteiger partial charge is 0.326 e. The number of nitrogens with two attached hydrogens (primary N) is 2. The molecule has 1 aromatic heterocycles. The molecule has 0 fully saturated rings. The number of carbonyl (C=O) groups is 3. The molecule has 2 aromatic rings. The fraction of sp³-hybridized carbons (Fsp3) is 0.312. The number of H-pyrrole nitrogens is 1. The molecule has 0 aliphatic carbocycles. The van der Waals surface area contributed by atoms with E-state index >= 15 is 0 Å². The number of nitrogens with one attached hydrogen (secondary N) is 2. The van der Waals surface area contributed by atoms with Crippen LogP contribution in [0.5, 0.6) is 0 Å². The first kappa shape index (κ1) is 17.5. The first-order chi connectivity index (χ1) is 11.4. The van der Waals surface area contributed by atoms with E-state index in [4.69, 9.17) is 11.5 Å². The minimum absolute atomic E-state index is 0.0330. The highest BCUT2D eigenvalue weighted by atomic mass is 16.4. The number of fused-ring (bicyclic) bond motifs is 1. The molecule has 8 heteroatoms. The Labute approximate surface area is 138 Å². The van der Waals surface area contributed by atoms with Crippen LogP contribution in [0.4, 0.5) is 0 Å². The zero-order valence-corrected chi connectivity index (χ0v) is 13.0. The standard InChI is InChI=1S/C16H20N4O4/c17-11(5-6-14(18)21)15(22)20-13(16(23)24)7-9-8-19-12-4-2-1-3-10(9)12/h1-4,8,11,13,19H,5-7,17H2,(H2,18,21)(H,20,22)(H,23,24)/t11-,13-/m0/s1. The van der Waals surface area contributed by atoms with Crippen LogP contribution in [0.3, 0.4) is 0 Å². The number of hydrogen-bond acceptors (Lipinski definition) is 4. The van der Waals surface area contributed by atoms with Crippen LogP contribution in [-0.4, -0.2) is 40.0 Å². The van der Waals surface area contributed by atoms with Crippen molar-refractivity contribution in [3.63, 3.8) is 0 Å². The van der Waals surface area contributed by atoms with Gasteiger partial charge in [0, 0.05) is 29.9 Å². The van der Waals surface area contributed by atoms with Gasteiger partial charge in [0.15, 0.2) is 0 Å². The van der Waals surface area contributed by atoms with E-state index in [-0.39, 0.29) is 19.3 Å². The average molecular weight is 332 g/mol. The molecule has 24 heavy (non-hydrogen) atoms. The lowest BCUT2D eigenvalue weighted by molar-refractivity contribution is -0.142. The summed E-state index contributed by atoms with van der Waals surface area (Å²) < 4.78 is 0. The van der Waals surface area contributed by atoms with Gasteiger partial charge in [-0.25, -0.2) is 4.79 Å². The van der Waals surface area contributed by atoms with Crippen LogP contribution in [-0.2, 0) is 20.8 Å². The Kier molecular flexibility index (Phi) is 5.54. The number of rotatable bonds is 8. The zero-order chi connectivity index (χ0) is 17.7. The number of carbonyl (C=O) groups excluding carboxylic acids is 2. The molecule has 0 spiro atoms. The summed E-state index contributed by atoms with van der Waals surface area (Å²) in [6, 6.07) is 5.39. The maximum Gasteiger partial charge on any atom is 0.326 e. The van der Waals surface area contributed by atoms with Crippen LogP contribution < -0.4 is 16.8 Å².